The van der Waals surface area contributed by atoms with Gasteiger partial charge in [0, 0.05) is 0 Å². The maximum atomic E-state index is 14.0. The molecule has 2 aromatic carbocycles. The average molecular weight is 468 g/mol. The Balaban J connectivity index is 1.57. The van der Waals surface area contributed by atoms with E-state index < -0.39 is 7.26 Å². The van der Waals surface area contributed by atoms with Crippen molar-refractivity contribution in [3.8, 4) is 0 Å². The second kappa shape index (κ2) is 10.4. The molecule has 0 radical (unpaired) electrons. The van der Waals surface area contributed by atoms with Gasteiger partial charge in [-0.25, -0.2) is 0 Å². The molecule has 2 fully saturated rings. The monoisotopic (exact) mass is 467 g/mol. The van der Waals surface area contributed by atoms with Gasteiger partial charge in [0.15, 0.2) is 0 Å². The summed E-state index contributed by atoms with van der Waals surface area (Å²) in [6, 6.07) is 16.0. The van der Waals surface area contributed by atoms with Crippen LogP contribution in [-0.2, 0) is 20.9 Å². The van der Waals surface area contributed by atoms with Gasteiger partial charge < -0.3 is 0 Å². The second-order valence-corrected chi connectivity index (χ2v) is 15.0. The van der Waals surface area contributed by atoms with Gasteiger partial charge in [-0.3, -0.25) is 0 Å². The van der Waals surface area contributed by atoms with Gasteiger partial charge in [0.05, 0.1) is 0 Å². The molecule has 0 unspecified atom stereocenters. The first kappa shape index (κ1) is 24.0. The van der Waals surface area contributed by atoms with Crippen LogP contribution in [0.3, 0.4) is 0 Å². The molecule has 178 valence electrons. The Hall–Kier alpha value is -2.19. The number of anilines is 1. The molecule has 1 aliphatic carbocycles. The summed E-state index contributed by atoms with van der Waals surface area (Å²) in [5, 5.41) is 2.99. The molecule has 4 rings (SSSR count). The Labute approximate surface area is 198 Å². The summed E-state index contributed by atoms with van der Waals surface area (Å²) < 4.78 is 5.76. The summed E-state index contributed by atoms with van der Waals surface area (Å²) in [5.41, 5.74) is 4.14. The molecule has 33 heavy (non-hydrogen) atoms. The molecule has 0 atom stereocenters. The van der Waals surface area contributed by atoms with Crippen LogP contribution in [0.4, 0.5) is 5.69 Å². The fraction of sp³-hybridized carbons (Fsp3) is 0.500. The Morgan fingerprint density at radius 3 is 2.09 bits per heavy atom. The average Bonchev–Trinajstić information content (AvgIpc) is 3.01. The third kappa shape index (κ3) is 5.01. The Kier molecular flexibility index (Phi) is 7.54. The molecule has 0 spiro atoms. The minimum absolute atomic E-state index is 0.112. The minimum atomic E-state index is -2.24. The van der Waals surface area contributed by atoms with Gasteiger partial charge in [-0.1, -0.05) is 0 Å². The van der Waals surface area contributed by atoms with Crippen molar-refractivity contribution >= 4 is 24.8 Å². The molecule has 1 aliphatic heterocycles. The van der Waals surface area contributed by atoms with Crippen LogP contribution in [0.5, 0.6) is 0 Å². The zero-order chi connectivity index (χ0) is 23.3. The number of amides is 1. The summed E-state index contributed by atoms with van der Waals surface area (Å²) in [6.07, 6.45) is 10.2. The normalized spacial score (nSPS) is 20.1. The zero-order valence-electron chi connectivity index (χ0n) is 20.1. The maximum absolute atomic E-state index is 14.0. The van der Waals surface area contributed by atoms with E-state index in [4.69, 9.17) is 4.74 Å². The Morgan fingerprint density at radius 2 is 1.52 bits per heavy atom. The molecule has 2 aliphatic rings. The van der Waals surface area contributed by atoms with E-state index in [2.05, 4.69) is 31.3 Å². The standard InChI is InChI=1S/C28H38NO3P/c1-22-12-10-13-23(2)26(22)29-27(31)28(16-11-17-28)33(18-8-3-4-9-19-33)21-25(30)32-20-24-14-6-5-7-15-24/h5-7,10,12-15,33H,3-4,8-9,11,16-21H2,1-2H3,(H,29,31). The van der Waals surface area contributed by atoms with Gasteiger partial charge in [-0.2, -0.15) is 0 Å². The molecule has 1 saturated carbocycles. The number of aryl methyl sites for hydroxylation is 2. The molecule has 1 heterocycles. The third-order valence-corrected chi connectivity index (χ3v) is 14.5. The number of carbonyl (C=O) groups is 2. The van der Waals surface area contributed by atoms with E-state index in [1.807, 2.05) is 36.4 Å². The number of ether oxygens (including phenoxy) is 1. The van der Waals surface area contributed by atoms with Gasteiger partial charge in [-0.15, -0.1) is 0 Å². The molecule has 5 heteroatoms. The van der Waals surface area contributed by atoms with Crippen molar-refractivity contribution in [2.75, 3.05) is 23.8 Å². The molecule has 1 N–H and O–H groups in total. The van der Waals surface area contributed by atoms with Crippen LogP contribution in [0, 0.1) is 13.8 Å². The van der Waals surface area contributed by atoms with Crippen LogP contribution >= 0.6 is 7.26 Å². The number of esters is 1. The van der Waals surface area contributed by atoms with Crippen molar-refractivity contribution in [1.29, 1.82) is 0 Å². The van der Waals surface area contributed by atoms with Crippen LogP contribution < -0.4 is 5.32 Å². The topological polar surface area (TPSA) is 55.4 Å². The van der Waals surface area contributed by atoms with Crippen molar-refractivity contribution < 1.29 is 14.3 Å². The first-order valence-electron chi connectivity index (χ1n) is 12.5. The number of nitrogens with one attached hydrogen (secondary N) is 1. The van der Waals surface area contributed by atoms with Gasteiger partial charge in [0.25, 0.3) is 0 Å². The van der Waals surface area contributed by atoms with Gasteiger partial charge in [0.1, 0.15) is 0 Å². The van der Waals surface area contributed by atoms with Crippen LogP contribution in [-0.4, -0.2) is 35.5 Å². The number of benzene rings is 2. The number of hydrogen-bond donors (Lipinski definition) is 1. The molecule has 1 saturated heterocycles. The fourth-order valence-corrected chi connectivity index (χ4v) is 12.4. The first-order chi connectivity index (χ1) is 16.0. The van der Waals surface area contributed by atoms with Gasteiger partial charge in [0.2, 0.25) is 0 Å². The molecule has 2 aromatic rings. The molecular weight excluding hydrogens is 429 g/mol. The van der Waals surface area contributed by atoms with Gasteiger partial charge in [-0.05, 0) is 0 Å². The number of carbonyl (C=O) groups excluding carboxylic acids is 2. The van der Waals surface area contributed by atoms with E-state index in [1.165, 1.54) is 12.8 Å². The second-order valence-electron chi connectivity index (χ2n) is 10.2. The van der Waals surface area contributed by atoms with Crippen molar-refractivity contribution in [1.82, 2.24) is 0 Å². The van der Waals surface area contributed by atoms with Crippen molar-refractivity contribution in [3.63, 3.8) is 0 Å². The summed E-state index contributed by atoms with van der Waals surface area (Å²) in [4.78, 5) is 27.1. The summed E-state index contributed by atoms with van der Waals surface area (Å²) in [5.74, 6) is 0.0501. The quantitative estimate of drug-likeness (QED) is 0.388. The predicted octanol–water partition coefficient (Wildman–Crippen LogP) is 6.23. The van der Waals surface area contributed by atoms with E-state index in [0.717, 1.165) is 66.8 Å². The summed E-state index contributed by atoms with van der Waals surface area (Å²) >= 11 is 0. The number of rotatable bonds is 7. The van der Waals surface area contributed by atoms with E-state index in [9.17, 15) is 9.59 Å². The van der Waals surface area contributed by atoms with Crippen molar-refractivity contribution in [2.45, 2.75) is 70.6 Å². The third-order valence-electron chi connectivity index (χ3n) is 8.16. The Morgan fingerprint density at radius 1 is 0.879 bits per heavy atom. The SMILES string of the molecule is Cc1cccc(C)c1NC(=O)C1([PH]2(CC(=O)OCc3ccccc3)CCCCCC2)CCC1. The molecular formula is C28H38NO3P. The van der Waals surface area contributed by atoms with Crippen LogP contribution in [0.25, 0.3) is 0 Å². The molecule has 0 aromatic heterocycles. The molecule has 1 amide bonds. The van der Waals surface area contributed by atoms with Crippen LogP contribution in [0.1, 0.15) is 61.6 Å². The van der Waals surface area contributed by atoms with Crippen molar-refractivity contribution in [3.05, 3.63) is 65.2 Å². The van der Waals surface area contributed by atoms with E-state index in [-0.39, 0.29) is 17.0 Å². The van der Waals surface area contributed by atoms with E-state index in [1.54, 1.807) is 0 Å². The molecule has 4 nitrogen and oxygen atoms in total. The zero-order valence-corrected chi connectivity index (χ0v) is 21.1. The summed E-state index contributed by atoms with van der Waals surface area (Å²) in [7, 11) is -2.24. The van der Waals surface area contributed by atoms with Crippen LogP contribution in [0.15, 0.2) is 48.5 Å². The Bertz CT molecular complexity index is 956. The summed E-state index contributed by atoms with van der Waals surface area (Å²) in [6.45, 7) is 4.41. The van der Waals surface area contributed by atoms with E-state index in [0.29, 0.717) is 12.8 Å². The van der Waals surface area contributed by atoms with Crippen molar-refractivity contribution in [2.24, 2.45) is 0 Å². The number of para-hydroxylation sites is 1. The van der Waals surface area contributed by atoms with Crippen LogP contribution in [0.2, 0.25) is 0 Å². The fourth-order valence-electron chi connectivity index (χ4n) is 6.07. The number of hydrogen-bond acceptors (Lipinski definition) is 3. The predicted molar refractivity (Wildman–Crippen MR) is 139 cm³/mol. The van der Waals surface area contributed by atoms with E-state index >= 15 is 0 Å². The molecule has 0 bridgehead atoms. The van der Waals surface area contributed by atoms with Gasteiger partial charge >= 0.3 is 199 Å². The first-order valence-corrected chi connectivity index (χ1v) is 15.2.